The Morgan fingerprint density at radius 1 is 0.933 bits per heavy atom. The summed E-state index contributed by atoms with van der Waals surface area (Å²) in [7, 11) is -4.02. The van der Waals surface area contributed by atoms with Gasteiger partial charge >= 0.3 is 0 Å². The van der Waals surface area contributed by atoms with Crippen molar-refractivity contribution in [1.82, 2.24) is 9.62 Å². The summed E-state index contributed by atoms with van der Waals surface area (Å²) in [5.41, 5.74) is 1.45. The molecule has 3 rings (SSSR count). The molecule has 5 nitrogen and oxygen atoms in total. The van der Waals surface area contributed by atoms with Crippen molar-refractivity contribution in [2.45, 2.75) is 18.0 Å². The third kappa shape index (κ3) is 5.66. The van der Waals surface area contributed by atoms with Crippen LogP contribution in [0.4, 0.5) is 4.39 Å². The molecule has 0 aromatic heterocycles. The number of benzene rings is 3. The normalized spacial score (nSPS) is 11.4. The number of sulfonamides is 1. The van der Waals surface area contributed by atoms with Crippen LogP contribution in [0.5, 0.6) is 0 Å². The molecule has 0 spiro atoms. The predicted molar refractivity (Wildman–Crippen MR) is 114 cm³/mol. The molecule has 0 bridgehead atoms. The molecule has 8 heteroatoms. The highest BCUT2D eigenvalue weighted by molar-refractivity contribution is 7.89. The lowest BCUT2D eigenvalue weighted by atomic mass is 10.2. The van der Waals surface area contributed by atoms with Gasteiger partial charge < -0.3 is 5.32 Å². The summed E-state index contributed by atoms with van der Waals surface area (Å²) in [6.07, 6.45) is 0. The highest BCUT2D eigenvalue weighted by Gasteiger charge is 2.27. The first-order valence-electron chi connectivity index (χ1n) is 9.16. The molecule has 0 aliphatic heterocycles. The van der Waals surface area contributed by atoms with Crippen LogP contribution in [0.2, 0.25) is 5.02 Å². The van der Waals surface area contributed by atoms with Gasteiger partial charge in [0.05, 0.1) is 11.4 Å². The van der Waals surface area contributed by atoms with Gasteiger partial charge in [-0.1, -0.05) is 60.1 Å². The number of hydrogen-bond acceptors (Lipinski definition) is 3. The Morgan fingerprint density at radius 3 is 2.23 bits per heavy atom. The number of halogens is 2. The first kappa shape index (κ1) is 22.0. The highest BCUT2D eigenvalue weighted by atomic mass is 35.5. The average molecular weight is 447 g/mol. The molecule has 156 valence electrons. The molecule has 0 unspecified atom stereocenters. The number of rotatable bonds is 8. The van der Waals surface area contributed by atoms with E-state index in [4.69, 9.17) is 11.6 Å². The molecule has 0 saturated heterocycles. The Balaban J connectivity index is 1.79. The zero-order chi connectivity index (χ0) is 21.6. The Labute approximate surface area is 180 Å². The molecule has 3 aromatic carbocycles. The fourth-order valence-electron chi connectivity index (χ4n) is 2.82. The van der Waals surface area contributed by atoms with Crippen molar-refractivity contribution < 1.29 is 17.6 Å². The van der Waals surface area contributed by atoms with Gasteiger partial charge in [-0.25, -0.2) is 12.8 Å². The first-order chi connectivity index (χ1) is 14.4. The van der Waals surface area contributed by atoms with Gasteiger partial charge in [0, 0.05) is 18.1 Å². The van der Waals surface area contributed by atoms with Crippen molar-refractivity contribution >= 4 is 27.5 Å². The molecular weight excluding hydrogens is 427 g/mol. The minimum absolute atomic E-state index is 0.0000624. The monoisotopic (exact) mass is 446 g/mol. The second-order valence-electron chi connectivity index (χ2n) is 6.58. The summed E-state index contributed by atoms with van der Waals surface area (Å²) in [5, 5.41) is 3.21. The fraction of sp³-hybridized carbons (Fsp3) is 0.136. The van der Waals surface area contributed by atoms with E-state index in [1.165, 1.54) is 12.1 Å². The van der Waals surface area contributed by atoms with Crippen LogP contribution in [0.1, 0.15) is 11.1 Å². The van der Waals surface area contributed by atoms with Gasteiger partial charge in [0.2, 0.25) is 15.9 Å². The molecule has 3 aromatic rings. The van der Waals surface area contributed by atoms with Crippen molar-refractivity contribution in [3.63, 3.8) is 0 Å². The molecular formula is C22H20ClFN2O3S. The zero-order valence-electron chi connectivity index (χ0n) is 16.0. The third-order valence-electron chi connectivity index (χ3n) is 4.41. The molecule has 1 N–H and O–H groups in total. The molecule has 0 radical (unpaired) electrons. The van der Waals surface area contributed by atoms with Crippen molar-refractivity contribution in [3.05, 3.63) is 101 Å². The van der Waals surface area contributed by atoms with Crippen LogP contribution in [0, 0.1) is 5.82 Å². The lowest BCUT2D eigenvalue weighted by molar-refractivity contribution is -0.121. The summed E-state index contributed by atoms with van der Waals surface area (Å²) in [4.78, 5) is 12.5. The maximum absolute atomic E-state index is 13.2. The maximum Gasteiger partial charge on any atom is 0.243 e. The van der Waals surface area contributed by atoms with Crippen molar-refractivity contribution in [2.75, 3.05) is 6.54 Å². The molecule has 0 heterocycles. The quantitative estimate of drug-likeness (QED) is 0.569. The van der Waals surface area contributed by atoms with Crippen LogP contribution in [0.25, 0.3) is 0 Å². The number of nitrogens with zero attached hydrogens (tertiary/aromatic N) is 1. The van der Waals surface area contributed by atoms with Gasteiger partial charge in [0.1, 0.15) is 5.82 Å². The van der Waals surface area contributed by atoms with E-state index in [-0.39, 0.29) is 24.5 Å². The van der Waals surface area contributed by atoms with Gasteiger partial charge in [0.25, 0.3) is 0 Å². The van der Waals surface area contributed by atoms with E-state index in [0.717, 1.165) is 27.6 Å². The smallest absolute Gasteiger partial charge is 0.243 e. The van der Waals surface area contributed by atoms with Gasteiger partial charge in [-0.2, -0.15) is 4.31 Å². The van der Waals surface area contributed by atoms with Crippen LogP contribution in [0.3, 0.4) is 0 Å². The Bertz CT molecular complexity index is 1110. The van der Waals surface area contributed by atoms with Gasteiger partial charge in [-0.3, -0.25) is 4.79 Å². The number of nitrogens with one attached hydrogen (secondary N) is 1. The summed E-state index contributed by atoms with van der Waals surface area (Å²) >= 11 is 6.10. The lowest BCUT2D eigenvalue weighted by Gasteiger charge is -2.22. The van der Waals surface area contributed by atoms with E-state index >= 15 is 0 Å². The number of carbonyl (C=O) groups is 1. The Kier molecular flexibility index (Phi) is 7.20. The third-order valence-corrected chi connectivity index (χ3v) is 6.58. The zero-order valence-corrected chi connectivity index (χ0v) is 17.5. The van der Waals surface area contributed by atoms with Gasteiger partial charge in [-0.05, 0) is 41.5 Å². The largest absolute Gasteiger partial charge is 0.351 e. The SMILES string of the molecule is O=C(CN(Cc1ccccc1)S(=O)(=O)c1ccc(F)cc1)NCc1ccccc1Cl. The van der Waals surface area contributed by atoms with Crippen LogP contribution >= 0.6 is 11.6 Å². The van der Waals surface area contributed by atoms with E-state index in [2.05, 4.69) is 5.32 Å². The highest BCUT2D eigenvalue weighted by Crippen LogP contribution is 2.19. The number of amides is 1. The van der Waals surface area contributed by atoms with Crippen LogP contribution in [0.15, 0.2) is 83.8 Å². The van der Waals surface area contributed by atoms with E-state index < -0.39 is 21.7 Å². The van der Waals surface area contributed by atoms with Crippen molar-refractivity contribution in [2.24, 2.45) is 0 Å². The first-order valence-corrected chi connectivity index (χ1v) is 11.0. The second-order valence-corrected chi connectivity index (χ2v) is 8.93. The van der Waals surface area contributed by atoms with E-state index in [0.29, 0.717) is 5.02 Å². The summed E-state index contributed by atoms with van der Waals surface area (Å²) in [6, 6.07) is 20.5. The Hall–Kier alpha value is -2.74. The molecule has 0 fully saturated rings. The predicted octanol–water partition coefficient (Wildman–Crippen LogP) is 3.99. The van der Waals surface area contributed by atoms with E-state index in [9.17, 15) is 17.6 Å². The topological polar surface area (TPSA) is 66.5 Å². The molecule has 0 saturated carbocycles. The van der Waals surface area contributed by atoms with Crippen molar-refractivity contribution in [1.29, 1.82) is 0 Å². The standard InChI is InChI=1S/C22H20ClFN2O3S/c23-21-9-5-4-8-18(21)14-25-22(27)16-26(15-17-6-2-1-3-7-17)30(28,29)20-12-10-19(24)11-13-20/h1-13H,14-16H2,(H,25,27). The maximum atomic E-state index is 13.2. The van der Waals surface area contributed by atoms with Crippen molar-refractivity contribution in [3.8, 4) is 0 Å². The average Bonchev–Trinajstić information content (AvgIpc) is 2.74. The van der Waals surface area contributed by atoms with Gasteiger partial charge in [0.15, 0.2) is 0 Å². The van der Waals surface area contributed by atoms with E-state index in [1.54, 1.807) is 48.5 Å². The second kappa shape index (κ2) is 9.84. The van der Waals surface area contributed by atoms with Crippen LogP contribution in [-0.4, -0.2) is 25.2 Å². The molecule has 30 heavy (non-hydrogen) atoms. The Morgan fingerprint density at radius 2 is 1.57 bits per heavy atom. The minimum Gasteiger partial charge on any atom is -0.351 e. The van der Waals surface area contributed by atoms with Gasteiger partial charge in [-0.15, -0.1) is 0 Å². The molecule has 0 aliphatic rings. The molecule has 0 atom stereocenters. The summed E-state index contributed by atoms with van der Waals surface area (Å²) < 4.78 is 40.5. The summed E-state index contributed by atoms with van der Waals surface area (Å²) in [5.74, 6) is -1.02. The fourth-order valence-corrected chi connectivity index (χ4v) is 4.41. The summed E-state index contributed by atoms with van der Waals surface area (Å²) in [6.45, 7) is -0.215. The lowest BCUT2D eigenvalue weighted by Crippen LogP contribution is -2.40. The number of hydrogen-bond donors (Lipinski definition) is 1. The number of carbonyl (C=O) groups excluding carboxylic acids is 1. The van der Waals surface area contributed by atoms with Crippen LogP contribution in [-0.2, 0) is 27.9 Å². The minimum atomic E-state index is -4.02. The molecule has 1 amide bonds. The van der Waals surface area contributed by atoms with Crippen LogP contribution < -0.4 is 5.32 Å². The molecule has 0 aliphatic carbocycles. The van der Waals surface area contributed by atoms with E-state index in [1.807, 2.05) is 6.07 Å².